The second-order valence-corrected chi connectivity index (χ2v) is 4.89. The Kier molecular flexibility index (Phi) is 4.38. The van der Waals surface area contributed by atoms with Gasteiger partial charge in [-0.1, -0.05) is 6.07 Å². The van der Waals surface area contributed by atoms with Crippen molar-refractivity contribution in [3.63, 3.8) is 0 Å². The van der Waals surface area contributed by atoms with E-state index in [1.54, 1.807) is 0 Å². The fraction of sp³-hybridized carbons (Fsp3) is 0.462. The highest BCUT2D eigenvalue weighted by Crippen LogP contribution is 2.36. The van der Waals surface area contributed by atoms with Gasteiger partial charge in [-0.2, -0.15) is 13.2 Å². The Hall–Kier alpha value is -1.80. The van der Waals surface area contributed by atoms with Gasteiger partial charge in [-0.15, -0.1) is 0 Å². The number of hydrazine groups is 1. The molecule has 1 aromatic carbocycles. The van der Waals surface area contributed by atoms with Gasteiger partial charge in [-0.25, -0.2) is 0 Å². The summed E-state index contributed by atoms with van der Waals surface area (Å²) < 4.78 is 38.8. The van der Waals surface area contributed by atoms with Crippen LogP contribution in [0.2, 0.25) is 0 Å². The number of nitrogens with two attached hydrogens (primary N) is 1. The maximum atomic E-state index is 12.9. The molecule has 0 unspecified atom stereocenters. The maximum absolute atomic E-state index is 12.9. The third-order valence-corrected chi connectivity index (χ3v) is 3.50. The van der Waals surface area contributed by atoms with Gasteiger partial charge in [0.2, 0.25) is 0 Å². The fourth-order valence-corrected chi connectivity index (χ4v) is 2.36. The summed E-state index contributed by atoms with van der Waals surface area (Å²) in [4.78, 5) is 13.8. The second-order valence-electron chi connectivity index (χ2n) is 4.89. The van der Waals surface area contributed by atoms with E-state index in [1.807, 2.05) is 5.43 Å². The molecule has 0 aliphatic carbocycles. The van der Waals surface area contributed by atoms with Crippen LogP contribution in [0.15, 0.2) is 18.2 Å². The summed E-state index contributed by atoms with van der Waals surface area (Å²) in [6.45, 7) is 0.612. The molecule has 1 saturated heterocycles. The van der Waals surface area contributed by atoms with Crippen molar-refractivity contribution in [3.8, 4) is 0 Å². The van der Waals surface area contributed by atoms with Crippen LogP contribution >= 0.6 is 0 Å². The SMILES string of the molecule is NNc1c(C(=O)N2CCC(O)CC2)cccc1C(F)(F)F. The number of para-hydroxylation sites is 1. The van der Waals surface area contributed by atoms with Crippen LogP contribution in [0.4, 0.5) is 18.9 Å². The van der Waals surface area contributed by atoms with Crippen molar-refractivity contribution in [1.29, 1.82) is 0 Å². The molecule has 1 heterocycles. The lowest BCUT2D eigenvalue weighted by Crippen LogP contribution is -2.40. The largest absolute Gasteiger partial charge is 0.418 e. The lowest BCUT2D eigenvalue weighted by Gasteiger charge is -2.30. The van der Waals surface area contributed by atoms with E-state index < -0.39 is 29.4 Å². The normalized spacial score (nSPS) is 16.9. The predicted octanol–water partition coefficient (Wildman–Crippen LogP) is 1.59. The third kappa shape index (κ3) is 3.27. The number of amides is 1. The molecule has 0 aromatic heterocycles. The molecule has 4 N–H and O–H groups in total. The number of carbonyl (C=O) groups is 1. The summed E-state index contributed by atoms with van der Waals surface area (Å²) in [5.74, 6) is 4.65. The molecule has 1 aromatic rings. The van der Waals surface area contributed by atoms with E-state index in [9.17, 15) is 23.1 Å². The van der Waals surface area contributed by atoms with Crippen molar-refractivity contribution in [3.05, 3.63) is 29.3 Å². The smallest absolute Gasteiger partial charge is 0.393 e. The van der Waals surface area contributed by atoms with Crippen LogP contribution in [0.3, 0.4) is 0 Å². The number of hydrogen-bond donors (Lipinski definition) is 3. The number of likely N-dealkylation sites (tertiary alicyclic amines) is 1. The van der Waals surface area contributed by atoms with Gasteiger partial charge >= 0.3 is 6.18 Å². The van der Waals surface area contributed by atoms with Gasteiger partial charge in [0.1, 0.15) is 0 Å². The monoisotopic (exact) mass is 303 g/mol. The molecule has 8 heteroatoms. The van der Waals surface area contributed by atoms with Crippen molar-refractivity contribution in [1.82, 2.24) is 4.90 Å². The van der Waals surface area contributed by atoms with E-state index in [2.05, 4.69) is 0 Å². The summed E-state index contributed by atoms with van der Waals surface area (Å²) in [7, 11) is 0. The number of aliphatic hydroxyl groups is 1. The Balaban J connectivity index is 2.33. The van der Waals surface area contributed by atoms with Gasteiger partial charge in [-0.3, -0.25) is 10.6 Å². The van der Waals surface area contributed by atoms with E-state index in [1.165, 1.54) is 17.0 Å². The minimum atomic E-state index is -4.60. The highest BCUT2D eigenvalue weighted by Gasteiger charge is 2.36. The van der Waals surface area contributed by atoms with E-state index in [4.69, 9.17) is 5.84 Å². The number of benzene rings is 1. The lowest BCUT2D eigenvalue weighted by molar-refractivity contribution is -0.137. The first kappa shape index (κ1) is 15.6. The lowest BCUT2D eigenvalue weighted by atomic mass is 10.0. The number of anilines is 1. The van der Waals surface area contributed by atoms with Gasteiger partial charge < -0.3 is 15.4 Å². The van der Waals surface area contributed by atoms with Gasteiger partial charge in [0.25, 0.3) is 5.91 Å². The molecular weight excluding hydrogens is 287 g/mol. The van der Waals surface area contributed by atoms with Crippen molar-refractivity contribution < 1.29 is 23.1 Å². The van der Waals surface area contributed by atoms with Crippen molar-refractivity contribution in [2.45, 2.75) is 25.1 Å². The van der Waals surface area contributed by atoms with Crippen LogP contribution in [0.5, 0.6) is 0 Å². The highest BCUT2D eigenvalue weighted by atomic mass is 19.4. The van der Waals surface area contributed by atoms with Crippen LogP contribution in [0, 0.1) is 0 Å². The highest BCUT2D eigenvalue weighted by molar-refractivity contribution is 6.00. The van der Waals surface area contributed by atoms with Crippen LogP contribution in [0.25, 0.3) is 0 Å². The summed E-state index contributed by atoms with van der Waals surface area (Å²) >= 11 is 0. The Bertz CT molecular complexity index is 526. The average molecular weight is 303 g/mol. The van der Waals surface area contributed by atoms with Crippen LogP contribution in [-0.4, -0.2) is 35.1 Å². The number of hydrogen-bond acceptors (Lipinski definition) is 4. The number of nitrogen functional groups attached to an aromatic ring is 1. The van der Waals surface area contributed by atoms with E-state index in [0.29, 0.717) is 25.9 Å². The van der Waals surface area contributed by atoms with Gasteiger partial charge in [0, 0.05) is 13.1 Å². The maximum Gasteiger partial charge on any atom is 0.418 e. The van der Waals surface area contributed by atoms with E-state index in [0.717, 1.165) is 6.07 Å². The first-order chi connectivity index (χ1) is 9.84. The molecule has 2 rings (SSSR count). The number of aliphatic hydroxyl groups excluding tert-OH is 1. The molecule has 1 aliphatic heterocycles. The zero-order valence-corrected chi connectivity index (χ0v) is 11.2. The number of nitrogens with zero attached hydrogens (tertiary/aromatic N) is 1. The summed E-state index contributed by atoms with van der Waals surface area (Å²) in [6, 6.07) is 3.35. The van der Waals surface area contributed by atoms with Gasteiger partial charge in [0.15, 0.2) is 0 Å². The Morgan fingerprint density at radius 1 is 1.33 bits per heavy atom. The standard InChI is InChI=1S/C13H16F3N3O2/c14-13(15,16)10-3-1-2-9(11(10)18-17)12(21)19-6-4-8(20)5-7-19/h1-3,8,18,20H,4-7,17H2. The minimum Gasteiger partial charge on any atom is -0.393 e. The number of rotatable bonds is 2. The molecule has 116 valence electrons. The first-order valence-corrected chi connectivity index (χ1v) is 6.48. The first-order valence-electron chi connectivity index (χ1n) is 6.48. The number of carbonyl (C=O) groups excluding carboxylic acids is 1. The van der Waals surface area contributed by atoms with Crippen molar-refractivity contribution in [2.75, 3.05) is 18.5 Å². The zero-order valence-electron chi connectivity index (χ0n) is 11.2. The van der Waals surface area contributed by atoms with Crippen LogP contribution in [-0.2, 0) is 6.18 Å². The summed E-state index contributed by atoms with van der Waals surface area (Å²) in [5, 5.41) is 9.41. The minimum absolute atomic E-state index is 0.122. The zero-order chi connectivity index (χ0) is 15.6. The molecule has 0 radical (unpaired) electrons. The third-order valence-electron chi connectivity index (χ3n) is 3.50. The molecule has 1 amide bonds. The summed E-state index contributed by atoms with van der Waals surface area (Å²) in [6.07, 6.45) is -4.25. The Labute approximate surface area is 119 Å². The van der Waals surface area contributed by atoms with Crippen LogP contribution < -0.4 is 11.3 Å². The van der Waals surface area contributed by atoms with E-state index >= 15 is 0 Å². The molecule has 0 spiro atoms. The average Bonchev–Trinajstić information content (AvgIpc) is 2.45. The Morgan fingerprint density at radius 2 is 1.95 bits per heavy atom. The quantitative estimate of drug-likeness (QED) is 0.572. The van der Waals surface area contributed by atoms with Gasteiger partial charge in [0.05, 0.1) is 22.9 Å². The van der Waals surface area contributed by atoms with Crippen molar-refractivity contribution >= 4 is 11.6 Å². The second kappa shape index (κ2) is 5.90. The Morgan fingerprint density at radius 3 is 2.48 bits per heavy atom. The number of alkyl halides is 3. The molecule has 0 atom stereocenters. The van der Waals surface area contributed by atoms with Crippen LogP contribution in [0.1, 0.15) is 28.8 Å². The number of piperidine rings is 1. The number of nitrogens with one attached hydrogen (secondary N) is 1. The number of halogens is 3. The molecule has 1 fully saturated rings. The molecule has 5 nitrogen and oxygen atoms in total. The fourth-order valence-electron chi connectivity index (χ4n) is 2.36. The predicted molar refractivity (Wildman–Crippen MR) is 70.4 cm³/mol. The molecular formula is C13H16F3N3O2. The topological polar surface area (TPSA) is 78.6 Å². The van der Waals surface area contributed by atoms with E-state index in [-0.39, 0.29) is 5.56 Å². The molecule has 21 heavy (non-hydrogen) atoms. The van der Waals surface area contributed by atoms with Gasteiger partial charge in [-0.05, 0) is 25.0 Å². The molecule has 0 bridgehead atoms. The summed E-state index contributed by atoms with van der Waals surface area (Å²) in [5.41, 5.74) is 0.453. The van der Waals surface area contributed by atoms with Crippen molar-refractivity contribution in [2.24, 2.45) is 5.84 Å². The molecule has 0 saturated carbocycles. The molecule has 1 aliphatic rings.